The molecule has 1 atom stereocenters. The molecule has 2 aromatic carbocycles. The Morgan fingerprint density at radius 2 is 1.83 bits per heavy atom. The van der Waals surface area contributed by atoms with Gasteiger partial charge in [0.1, 0.15) is 34.7 Å². The van der Waals surface area contributed by atoms with E-state index in [4.69, 9.17) is 4.74 Å². The zero-order valence-corrected chi connectivity index (χ0v) is 17.6. The number of rotatable bonds is 6. The second kappa shape index (κ2) is 9.08. The van der Waals surface area contributed by atoms with E-state index in [-0.39, 0.29) is 40.8 Å². The molecule has 0 spiro atoms. The molecule has 3 N–H and O–H groups in total. The van der Waals surface area contributed by atoms with Gasteiger partial charge in [0.15, 0.2) is 5.78 Å². The highest BCUT2D eigenvalue weighted by Gasteiger charge is 2.31. The van der Waals surface area contributed by atoms with Crippen molar-refractivity contribution in [1.82, 2.24) is 0 Å². The van der Waals surface area contributed by atoms with E-state index in [1.54, 1.807) is 12.1 Å². The van der Waals surface area contributed by atoms with Gasteiger partial charge in [0.05, 0.1) is 6.42 Å². The summed E-state index contributed by atoms with van der Waals surface area (Å²) in [7, 11) is 0. The molecule has 0 unspecified atom stereocenters. The molecule has 0 bridgehead atoms. The minimum Gasteiger partial charge on any atom is -0.508 e. The van der Waals surface area contributed by atoms with Crippen LogP contribution in [0.15, 0.2) is 53.6 Å². The fraction of sp³-hybridized carbons (Fsp3) is 0.320. The molecular weight excluding hydrogens is 380 g/mol. The summed E-state index contributed by atoms with van der Waals surface area (Å²) in [6.07, 6.45) is 6.39. The smallest absolute Gasteiger partial charge is 0.174 e. The number of hydrogen-bond donors (Lipinski definition) is 3. The monoisotopic (exact) mass is 408 g/mol. The first-order valence-electron chi connectivity index (χ1n) is 10.1. The van der Waals surface area contributed by atoms with Gasteiger partial charge in [0.25, 0.3) is 0 Å². The van der Waals surface area contributed by atoms with Crippen LogP contribution in [0, 0.1) is 0 Å². The summed E-state index contributed by atoms with van der Waals surface area (Å²) < 4.78 is 5.90. The summed E-state index contributed by atoms with van der Waals surface area (Å²) in [6, 6.07) is 7.65. The maximum Gasteiger partial charge on any atom is 0.174 e. The number of allylic oxidation sites excluding steroid dienone is 4. The molecule has 0 saturated carbocycles. The Kier molecular flexibility index (Phi) is 6.50. The number of carbonyl (C=O) groups is 1. The molecule has 5 nitrogen and oxygen atoms in total. The van der Waals surface area contributed by atoms with Crippen LogP contribution in [0.4, 0.5) is 0 Å². The van der Waals surface area contributed by atoms with Gasteiger partial charge >= 0.3 is 0 Å². The molecular formula is C25H28O5. The molecule has 1 aliphatic rings. The number of carbonyl (C=O) groups excluding carboxylic acids is 1. The van der Waals surface area contributed by atoms with E-state index < -0.39 is 6.10 Å². The van der Waals surface area contributed by atoms with Crippen molar-refractivity contribution in [2.24, 2.45) is 0 Å². The molecule has 0 aliphatic carbocycles. The largest absolute Gasteiger partial charge is 0.508 e. The molecule has 158 valence electrons. The number of fused-ring (bicyclic) bond motifs is 1. The third-order valence-electron chi connectivity index (χ3n) is 5.22. The number of benzene rings is 2. The molecule has 1 heterocycles. The van der Waals surface area contributed by atoms with Crippen LogP contribution in [0.5, 0.6) is 23.0 Å². The van der Waals surface area contributed by atoms with Gasteiger partial charge in [0, 0.05) is 12.1 Å². The molecule has 3 rings (SSSR count). The lowest BCUT2D eigenvalue weighted by Gasteiger charge is -2.26. The maximum absolute atomic E-state index is 12.5. The van der Waals surface area contributed by atoms with Crippen LogP contribution in [0.3, 0.4) is 0 Å². The first kappa shape index (κ1) is 21.5. The average molecular weight is 408 g/mol. The predicted octanol–water partition coefficient (Wildman–Crippen LogP) is 5.75. The van der Waals surface area contributed by atoms with E-state index in [0.29, 0.717) is 6.42 Å². The summed E-state index contributed by atoms with van der Waals surface area (Å²) in [5.41, 5.74) is 4.17. The van der Waals surface area contributed by atoms with E-state index in [1.807, 2.05) is 6.07 Å². The number of phenols is 3. The Morgan fingerprint density at radius 3 is 2.57 bits per heavy atom. The standard InChI is InChI=1S/C25H28O5/c1-15(2)5-4-6-16(3)7-8-17-11-18(9-10-20(17)27)23-14-22(29)25-21(28)12-19(26)13-24(25)30-23/h5,7,9-13,23,26-28H,4,6,8,14H2,1-3H3/b16-7+/t23-/m0/s1. The number of ketones is 1. The highest BCUT2D eigenvalue weighted by atomic mass is 16.5. The molecule has 1 aliphatic heterocycles. The van der Waals surface area contributed by atoms with Crippen LogP contribution < -0.4 is 4.74 Å². The number of ether oxygens (including phenoxy) is 1. The first-order chi connectivity index (χ1) is 14.2. The lowest BCUT2D eigenvalue weighted by Crippen LogP contribution is -2.20. The van der Waals surface area contributed by atoms with Gasteiger partial charge in [-0.05, 0) is 63.3 Å². The van der Waals surface area contributed by atoms with Gasteiger partial charge in [-0.25, -0.2) is 0 Å². The van der Waals surface area contributed by atoms with Gasteiger partial charge in [-0.2, -0.15) is 0 Å². The fourth-order valence-electron chi connectivity index (χ4n) is 3.56. The number of aromatic hydroxyl groups is 3. The second-order valence-corrected chi connectivity index (χ2v) is 8.03. The van der Waals surface area contributed by atoms with E-state index in [2.05, 4.69) is 32.9 Å². The highest BCUT2D eigenvalue weighted by molar-refractivity contribution is 6.02. The van der Waals surface area contributed by atoms with Crippen molar-refractivity contribution in [1.29, 1.82) is 0 Å². The van der Waals surface area contributed by atoms with Crippen molar-refractivity contribution in [2.75, 3.05) is 0 Å². The number of phenolic OH excluding ortho intramolecular Hbond substituents is 3. The normalized spacial score (nSPS) is 16.0. The molecule has 2 aromatic rings. The average Bonchev–Trinajstić information content (AvgIpc) is 2.66. The molecule has 0 saturated heterocycles. The maximum atomic E-state index is 12.5. The summed E-state index contributed by atoms with van der Waals surface area (Å²) in [5.74, 6) is -0.333. The van der Waals surface area contributed by atoms with Gasteiger partial charge in [-0.1, -0.05) is 29.4 Å². The van der Waals surface area contributed by atoms with E-state index in [9.17, 15) is 20.1 Å². The molecule has 0 fully saturated rings. The van der Waals surface area contributed by atoms with Crippen LogP contribution in [0.1, 0.15) is 67.6 Å². The van der Waals surface area contributed by atoms with Crippen LogP contribution >= 0.6 is 0 Å². The van der Waals surface area contributed by atoms with Crippen molar-refractivity contribution in [3.8, 4) is 23.0 Å². The van der Waals surface area contributed by atoms with E-state index in [1.165, 1.54) is 17.2 Å². The van der Waals surface area contributed by atoms with Gasteiger partial charge in [-0.3, -0.25) is 4.79 Å². The van der Waals surface area contributed by atoms with Gasteiger partial charge in [-0.15, -0.1) is 0 Å². The van der Waals surface area contributed by atoms with Gasteiger partial charge < -0.3 is 20.1 Å². The first-order valence-corrected chi connectivity index (χ1v) is 10.1. The minimum absolute atomic E-state index is 0.0765. The quantitative estimate of drug-likeness (QED) is 0.530. The molecule has 0 amide bonds. The Balaban J connectivity index is 1.78. The lowest BCUT2D eigenvalue weighted by atomic mass is 9.94. The van der Waals surface area contributed by atoms with Gasteiger partial charge in [0.2, 0.25) is 0 Å². The van der Waals surface area contributed by atoms with E-state index in [0.717, 1.165) is 30.0 Å². The van der Waals surface area contributed by atoms with Crippen molar-refractivity contribution >= 4 is 5.78 Å². The SMILES string of the molecule is CC(C)=CCC/C(C)=C/Cc1cc([C@@H]2CC(=O)c3c(O)cc(O)cc3O2)ccc1O. The topological polar surface area (TPSA) is 87.0 Å². The van der Waals surface area contributed by atoms with Crippen LogP contribution in [0.25, 0.3) is 0 Å². The Bertz CT molecular complexity index is 1010. The molecule has 0 aromatic heterocycles. The number of hydrogen-bond acceptors (Lipinski definition) is 5. The van der Waals surface area contributed by atoms with Crippen molar-refractivity contribution in [3.63, 3.8) is 0 Å². The van der Waals surface area contributed by atoms with Crippen LogP contribution in [0.2, 0.25) is 0 Å². The molecule has 5 heteroatoms. The van der Waals surface area contributed by atoms with Crippen molar-refractivity contribution in [2.45, 2.75) is 52.6 Å². The van der Waals surface area contributed by atoms with Crippen molar-refractivity contribution in [3.05, 3.63) is 70.3 Å². The van der Waals surface area contributed by atoms with Crippen LogP contribution in [-0.2, 0) is 6.42 Å². The molecule has 30 heavy (non-hydrogen) atoms. The summed E-state index contributed by atoms with van der Waals surface area (Å²) in [5, 5.41) is 29.9. The van der Waals surface area contributed by atoms with Crippen LogP contribution in [-0.4, -0.2) is 21.1 Å². The summed E-state index contributed by atoms with van der Waals surface area (Å²) in [4.78, 5) is 12.5. The zero-order valence-electron chi connectivity index (χ0n) is 17.6. The number of Topliss-reactive ketones (excluding diaryl/α,β-unsaturated/α-hetero) is 1. The minimum atomic E-state index is -0.548. The fourth-order valence-corrected chi connectivity index (χ4v) is 3.56. The predicted molar refractivity (Wildman–Crippen MR) is 116 cm³/mol. The second-order valence-electron chi connectivity index (χ2n) is 8.03. The zero-order chi connectivity index (χ0) is 21.8. The lowest BCUT2D eigenvalue weighted by molar-refractivity contribution is 0.0845. The summed E-state index contributed by atoms with van der Waals surface area (Å²) >= 11 is 0. The van der Waals surface area contributed by atoms with Crippen molar-refractivity contribution < 1.29 is 24.9 Å². The summed E-state index contributed by atoms with van der Waals surface area (Å²) in [6.45, 7) is 6.25. The third kappa shape index (κ3) is 5.03. The third-order valence-corrected chi connectivity index (χ3v) is 5.22. The Hall–Kier alpha value is -3.21. The van der Waals surface area contributed by atoms with E-state index >= 15 is 0 Å². The Labute approximate surface area is 177 Å². The Morgan fingerprint density at radius 1 is 1.07 bits per heavy atom. The highest BCUT2D eigenvalue weighted by Crippen LogP contribution is 2.42. The molecule has 0 radical (unpaired) electrons.